The Hall–Kier alpha value is -6.44. The molecule has 0 aromatic heterocycles. The van der Waals surface area contributed by atoms with E-state index in [-0.39, 0.29) is 37.9 Å². The first kappa shape index (κ1) is 54.4. The van der Waals surface area contributed by atoms with E-state index < -0.39 is 0 Å². The van der Waals surface area contributed by atoms with Crippen molar-refractivity contribution >= 4 is 17.1 Å². The van der Waals surface area contributed by atoms with E-state index in [0.717, 1.165) is 17.1 Å². The lowest BCUT2D eigenvalue weighted by molar-refractivity contribution is 0.568. The Balaban J connectivity index is 1.24. The average Bonchev–Trinajstić information content (AvgIpc) is 3.62. The van der Waals surface area contributed by atoms with Crippen molar-refractivity contribution in [3.63, 3.8) is 0 Å². The lowest BCUT2D eigenvalue weighted by atomic mass is 9.77. The summed E-state index contributed by atoms with van der Waals surface area (Å²) in [5, 5.41) is 0. The van der Waals surface area contributed by atoms with Gasteiger partial charge in [0.1, 0.15) is 0 Å². The molecule has 0 atom stereocenters. The molecule has 1 aliphatic rings. The van der Waals surface area contributed by atoms with E-state index >= 15 is 0 Å². The van der Waals surface area contributed by atoms with Gasteiger partial charge in [-0.05, 0) is 181 Å². The van der Waals surface area contributed by atoms with Gasteiger partial charge in [0.15, 0.2) is 0 Å². The molecular formula is C75H87N. The van der Waals surface area contributed by atoms with E-state index in [1.165, 1.54) is 100 Å². The molecular weight excluding hydrogens is 915 g/mol. The molecule has 0 unspecified atom stereocenters. The van der Waals surface area contributed by atoms with Crippen LogP contribution >= 0.6 is 0 Å². The van der Waals surface area contributed by atoms with Crippen LogP contribution in [0.4, 0.5) is 17.1 Å². The van der Waals surface area contributed by atoms with Crippen LogP contribution in [0.15, 0.2) is 164 Å². The molecule has 0 aliphatic heterocycles. The smallest absolute Gasteiger partial charge is 0.0467 e. The molecule has 0 saturated carbocycles. The van der Waals surface area contributed by atoms with Gasteiger partial charge in [-0.2, -0.15) is 0 Å². The average molecular weight is 1000 g/mol. The summed E-state index contributed by atoms with van der Waals surface area (Å²) in [4.78, 5) is 2.50. The van der Waals surface area contributed by atoms with Crippen LogP contribution in [0.5, 0.6) is 0 Å². The van der Waals surface area contributed by atoms with Crippen molar-refractivity contribution < 1.29 is 0 Å². The highest BCUT2D eigenvalue weighted by molar-refractivity contribution is 5.88. The summed E-state index contributed by atoms with van der Waals surface area (Å²) in [6.07, 6.45) is 0. The van der Waals surface area contributed by atoms with Crippen molar-refractivity contribution in [2.75, 3.05) is 4.90 Å². The van der Waals surface area contributed by atoms with Crippen molar-refractivity contribution in [2.45, 2.75) is 176 Å². The molecule has 0 fully saturated rings. The summed E-state index contributed by atoms with van der Waals surface area (Å²) >= 11 is 0. The molecule has 8 aromatic carbocycles. The lowest BCUT2D eigenvalue weighted by Gasteiger charge is -2.29. The first-order chi connectivity index (χ1) is 35.2. The molecule has 0 radical (unpaired) electrons. The van der Waals surface area contributed by atoms with Crippen molar-refractivity contribution in [3.05, 3.63) is 208 Å². The van der Waals surface area contributed by atoms with E-state index in [9.17, 15) is 0 Å². The molecule has 1 aliphatic carbocycles. The highest BCUT2D eigenvalue weighted by Crippen LogP contribution is 2.51. The van der Waals surface area contributed by atoms with Gasteiger partial charge in [0.2, 0.25) is 0 Å². The summed E-state index contributed by atoms with van der Waals surface area (Å²) in [5.41, 5.74) is 26.5. The van der Waals surface area contributed by atoms with Crippen LogP contribution in [0.2, 0.25) is 0 Å². The van der Waals surface area contributed by atoms with Gasteiger partial charge in [-0.15, -0.1) is 0 Å². The Labute approximate surface area is 459 Å². The first-order valence-corrected chi connectivity index (χ1v) is 28.1. The van der Waals surface area contributed by atoms with Crippen LogP contribution in [0.3, 0.4) is 0 Å². The summed E-state index contributed by atoms with van der Waals surface area (Å²) in [6.45, 7) is 46.8. The van der Waals surface area contributed by atoms with Gasteiger partial charge in [0, 0.05) is 22.5 Å². The third kappa shape index (κ3) is 10.9. The fourth-order valence-electron chi connectivity index (χ4n) is 11.0. The number of nitrogens with zero attached hydrogens (tertiary/aromatic N) is 1. The Bertz CT molecular complexity index is 3430. The normalized spacial score (nSPS) is 13.9. The van der Waals surface area contributed by atoms with Gasteiger partial charge in [-0.3, -0.25) is 0 Å². The highest BCUT2D eigenvalue weighted by atomic mass is 15.1. The zero-order chi connectivity index (χ0) is 55.3. The zero-order valence-corrected chi connectivity index (χ0v) is 50.0. The third-order valence-corrected chi connectivity index (χ3v) is 16.3. The first-order valence-electron chi connectivity index (χ1n) is 28.1. The van der Waals surface area contributed by atoms with Crippen LogP contribution in [-0.2, 0) is 37.9 Å². The highest BCUT2D eigenvalue weighted by Gasteiger charge is 2.36. The van der Waals surface area contributed by atoms with E-state index in [1.54, 1.807) is 0 Å². The quantitative estimate of drug-likeness (QED) is 0.154. The van der Waals surface area contributed by atoms with Crippen molar-refractivity contribution in [3.8, 4) is 55.6 Å². The summed E-state index contributed by atoms with van der Waals surface area (Å²) in [6, 6.07) is 63.9. The standard InChI is InChI=1S/C75H87N/c1-69(2,3)56-35-50(33-51(36-56)52-34-53(38-57(37-52)70(4,5)6)55-41-60(73(13,14)15)46-61(42-55)74(16,17)18)48-25-23-27-62(43-48)76(64-31-32-66-65-29-21-22-30-67(65)75(19,20)68(66)47-64)63-28-24-26-49(44-63)54-39-58(71(7,8)9)45-59(40-54)72(10,11)12/h21-47H,1-20H3. The molecule has 392 valence electrons. The van der Waals surface area contributed by atoms with E-state index in [2.05, 4.69) is 307 Å². The number of fused-ring (bicyclic) bond motifs is 3. The van der Waals surface area contributed by atoms with Crippen molar-refractivity contribution in [2.24, 2.45) is 0 Å². The van der Waals surface area contributed by atoms with Gasteiger partial charge in [0.25, 0.3) is 0 Å². The fourth-order valence-corrected chi connectivity index (χ4v) is 11.0. The van der Waals surface area contributed by atoms with Crippen LogP contribution in [0, 0.1) is 0 Å². The molecule has 8 aromatic rings. The third-order valence-electron chi connectivity index (χ3n) is 16.3. The maximum atomic E-state index is 2.50. The maximum Gasteiger partial charge on any atom is 0.0467 e. The molecule has 9 rings (SSSR count). The number of rotatable bonds is 7. The van der Waals surface area contributed by atoms with E-state index in [0.29, 0.717) is 0 Å². The monoisotopic (exact) mass is 1000 g/mol. The topological polar surface area (TPSA) is 3.24 Å². The summed E-state index contributed by atoms with van der Waals surface area (Å²) in [7, 11) is 0. The van der Waals surface area contributed by atoms with Gasteiger partial charge < -0.3 is 4.90 Å². The maximum absolute atomic E-state index is 2.50. The molecule has 1 nitrogen and oxygen atoms in total. The van der Waals surface area contributed by atoms with Crippen LogP contribution in [-0.4, -0.2) is 0 Å². The second-order valence-corrected chi connectivity index (χ2v) is 29.0. The number of hydrogen-bond donors (Lipinski definition) is 0. The lowest BCUT2D eigenvalue weighted by Crippen LogP contribution is -2.17. The molecule has 0 N–H and O–H groups in total. The molecule has 0 amide bonds. The summed E-state index contributed by atoms with van der Waals surface area (Å²) < 4.78 is 0. The minimum atomic E-state index is -0.147. The van der Waals surface area contributed by atoms with Gasteiger partial charge in [-0.1, -0.05) is 254 Å². The predicted octanol–water partition coefficient (Wildman–Crippen LogP) is 21.9. The predicted molar refractivity (Wildman–Crippen MR) is 333 cm³/mol. The van der Waals surface area contributed by atoms with E-state index in [1.807, 2.05) is 0 Å². The largest absolute Gasteiger partial charge is 0.310 e. The molecule has 0 saturated heterocycles. The number of hydrogen-bond acceptors (Lipinski definition) is 1. The molecule has 0 heterocycles. The summed E-state index contributed by atoms with van der Waals surface area (Å²) in [5.74, 6) is 0. The molecule has 0 spiro atoms. The van der Waals surface area contributed by atoms with Crippen LogP contribution in [0.25, 0.3) is 55.6 Å². The van der Waals surface area contributed by atoms with Crippen molar-refractivity contribution in [1.82, 2.24) is 0 Å². The van der Waals surface area contributed by atoms with Gasteiger partial charge in [0.05, 0.1) is 0 Å². The second kappa shape index (κ2) is 18.9. The second-order valence-electron chi connectivity index (χ2n) is 29.0. The Morgan fingerprint density at radius 3 is 0.934 bits per heavy atom. The van der Waals surface area contributed by atoms with Crippen molar-refractivity contribution in [1.29, 1.82) is 0 Å². The minimum Gasteiger partial charge on any atom is -0.310 e. The van der Waals surface area contributed by atoms with Crippen LogP contribution in [0.1, 0.15) is 183 Å². The SMILES string of the molecule is CC(C)(C)c1cc(-c2cccc(N(c3cccc(-c4cc(C(C)(C)C)cc(C(C)(C)C)c4)c3)c3ccc4c(c3)C(C)(C)c3ccccc3-4)c2)cc(-c2cc(-c3cc(C(C)(C)C)cc(C(C)(C)C)c3)cc(C(C)(C)C)c2)c1. The van der Waals surface area contributed by atoms with Gasteiger partial charge >= 0.3 is 0 Å². The zero-order valence-electron chi connectivity index (χ0n) is 50.0. The number of benzene rings is 8. The molecule has 1 heteroatoms. The van der Waals surface area contributed by atoms with Crippen LogP contribution < -0.4 is 4.90 Å². The molecule has 0 bridgehead atoms. The number of anilines is 3. The Morgan fingerprint density at radius 2 is 0.553 bits per heavy atom. The minimum absolute atomic E-state index is 0.00489. The van der Waals surface area contributed by atoms with E-state index in [4.69, 9.17) is 0 Å². The molecule has 76 heavy (non-hydrogen) atoms. The van der Waals surface area contributed by atoms with Gasteiger partial charge in [-0.25, -0.2) is 0 Å². The Morgan fingerprint density at radius 1 is 0.250 bits per heavy atom. The Kier molecular flexibility index (Phi) is 13.5. The fraction of sp³-hybridized carbons (Fsp3) is 0.360.